The fraction of sp³-hybridized carbons (Fsp3) is 0.500. The number of hydrogen-bond acceptors (Lipinski definition) is 6. The van der Waals surface area contributed by atoms with Crippen LogP contribution in [0.4, 0.5) is 11.6 Å². The second-order valence-electron chi connectivity index (χ2n) is 6.21. The molecule has 0 saturated carbocycles. The average molecular weight is 327 g/mol. The van der Waals surface area contributed by atoms with E-state index in [1.807, 2.05) is 25.1 Å². The number of ether oxygens (including phenoxy) is 1. The van der Waals surface area contributed by atoms with E-state index < -0.39 is 0 Å². The van der Waals surface area contributed by atoms with E-state index in [9.17, 15) is 0 Å². The molecule has 3 rings (SSSR count). The fourth-order valence-electron chi connectivity index (χ4n) is 3.18. The van der Waals surface area contributed by atoms with Gasteiger partial charge in [0.2, 0.25) is 0 Å². The number of likely N-dealkylation sites (tertiary alicyclic amines) is 1. The van der Waals surface area contributed by atoms with Crippen LogP contribution in [0.15, 0.2) is 30.6 Å². The second kappa shape index (κ2) is 8.17. The topological polar surface area (TPSA) is 63.2 Å². The Kier molecular flexibility index (Phi) is 5.72. The minimum atomic E-state index is 0.386. The summed E-state index contributed by atoms with van der Waals surface area (Å²) in [5, 5.41) is 3.34. The van der Waals surface area contributed by atoms with Crippen molar-refractivity contribution in [1.29, 1.82) is 0 Å². The van der Waals surface area contributed by atoms with Crippen molar-refractivity contribution in [1.82, 2.24) is 19.9 Å². The number of piperidine rings is 1. The molecule has 128 valence electrons. The molecule has 1 fully saturated rings. The Morgan fingerprint density at radius 2 is 2.17 bits per heavy atom. The summed E-state index contributed by atoms with van der Waals surface area (Å²) in [4.78, 5) is 16.1. The second-order valence-corrected chi connectivity index (χ2v) is 6.21. The van der Waals surface area contributed by atoms with Crippen molar-refractivity contribution in [3.8, 4) is 0 Å². The summed E-state index contributed by atoms with van der Waals surface area (Å²) in [7, 11) is 1.75. The van der Waals surface area contributed by atoms with Crippen LogP contribution in [0, 0.1) is 6.92 Å². The van der Waals surface area contributed by atoms with Crippen LogP contribution in [0.3, 0.4) is 0 Å². The van der Waals surface area contributed by atoms with Crippen LogP contribution in [0.5, 0.6) is 0 Å². The van der Waals surface area contributed by atoms with Crippen molar-refractivity contribution in [3.63, 3.8) is 0 Å². The number of nitrogens with one attached hydrogen (secondary N) is 1. The third kappa shape index (κ3) is 4.27. The van der Waals surface area contributed by atoms with Crippen molar-refractivity contribution in [2.45, 2.75) is 25.7 Å². The van der Waals surface area contributed by atoms with Gasteiger partial charge in [-0.1, -0.05) is 6.07 Å². The molecule has 6 heteroatoms. The molecular formula is C18H25N5O. The zero-order valence-corrected chi connectivity index (χ0v) is 14.4. The number of aryl methyl sites for hydroxylation is 1. The van der Waals surface area contributed by atoms with Gasteiger partial charge in [-0.2, -0.15) is 0 Å². The molecule has 1 aliphatic rings. The lowest BCUT2D eigenvalue weighted by atomic mass is 9.94. The first kappa shape index (κ1) is 16.8. The Morgan fingerprint density at radius 1 is 1.29 bits per heavy atom. The van der Waals surface area contributed by atoms with E-state index in [4.69, 9.17) is 4.74 Å². The monoisotopic (exact) mass is 327 g/mol. The van der Waals surface area contributed by atoms with Crippen LogP contribution in [-0.2, 0) is 4.74 Å². The molecule has 0 radical (unpaired) electrons. The van der Waals surface area contributed by atoms with E-state index >= 15 is 0 Å². The summed E-state index contributed by atoms with van der Waals surface area (Å²) in [6.45, 7) is 5.85. The van der Waals surface area contributed by atoms with Crippen molar-refractivity contribution >= 4 is 11.6 Å². The molecule has 0 amide bonds. The van der Waals surface area contributed by atoms with E-state index in [1.165, 1.54) is 6.42 Å². The summed E-state index contributed by atoms with van der Waals surface area (Å²) in [6, 6.07) is 5.93. The summed E-state index contributed by atoms with van der Waals surface area (Å²) in [6.07, 6.45) is 5.82. The molecule has 24 heavy (non-hydrogen) atoms. The standard InChI is InChI=1S/C18H25N5O/c1-14-5-3-7-16(21-14)22-18-17(19-8-9-20-18)15-6-4-10-23(13-15)11-12-24-2/h3,5,7-9,15H,4,6,10-13H2,1-2H3,(H,20,21,22). The number of methoxy groups -OCH3 is 1. The first-order chi connectivity index (χ1) is 11.8. The molecule has 0 aromatic carbocycles. The maximum Gasteiger partial charge on any atom is 0.153 e. The van der Waals surface area contributed by atoms with Gasteiger partial charge in [0.15, 0.2) is 5.82 Å². The van der Waals surface area contributed by atoms with Gasteiger partial charge in [-0.25, -0.2) is 9.97 Å². The molecule has 1 atom stereocenters. The molecule has 0 aliphatic carbocycles. The van der Waals surface area contributed by atoms with Gasteiger partial charge in [-0.15, -0.1) is 0 Å². The number of hydrogen-bond donors (Lipinski definition) is 1. The van der Waals surface area contributed by atoms with Gasteiger partial charge in [0.1, 0.15) is 5.82 Å². The maximum absolute atomic E-state index is 5.21. The highest BCUT2D eigenvalue weighted by Crippen LogP contribution is 2.30. The predicted octanol–water partition coefficient (Wildman–Crippen LogP) is 2.75. The van der Waals surface area contributed by atoms with E-state index in [0.717, 1.165) is 55.7 Å². The summed E-state index contributed by atoms with van der Waals surface area (Å²) in [5.41, 5.74) is 2.01. The minimum absolute atomic E-state index is 0.386. The summed E-state index contributed by atoms with van der Waals surface area (Å²) < 4.78 is 5.21. The van der Waals surface area contributed by atoms with Crippen molar-refractivity contribution < 1.29 is 4.74 Å². The normalized spacial score (nSPS) is 18.5. The lowest BCUT2D eigenvalue weighted by Crippen LogP contribution is -2.37. The number of nitrogens with zero attached hydrogens (tertiary/aromatic N) is 4. The quantitative estimate of drug-likeness (QED) is 0.880. The SMILES string of the molecule is COCCN1CCCC(c2nccnc2Nc2cccc(C)n2)C1. The molecule has 0 spiro atoms. The predicted molar refractivity (Wildman–Crippen MR) is 94.6 cm³/mol. The highest BCUT2D eigenvalue weighted by Gasteiger charge is 2.25. The Hall–Kier alpha value is -2.05. The molecule has 3 heterocycles. The van der Waals surface area contributed by atoms with Crippen molar-refractivity contribution in [3.05, 3.63) is 42.0 Å². The lowest BCUT2D eigenvalue weighted by Gasteiger charge is -2.32. The minimum Gasteiger partial charge on any atom is -0.383 e. The van der Waals surface area contributed by atoms with Gasteiger partial charge >= 0.3 is 0 Å². The maximum atomic E-state index is 5.21. The van der Waals surface area contributed by atoms with E-state index in [0.29, 0.717) is 5.92 Å². The molecule has 2 aromatic rings. The van der Waals surface area contributed by atoms with E-state index in [1.54, 1.807) is 19.5 Å². The fourth-order valence-corrected chi connectivity index (χ4v) is 3.18. The van der Waals surface area contributed by atoms with E-state index in [-0.39, 0.29) is 0 Å². The number of aromatic nitrogens is 3. The molecule has 1 aliphatic heterocycles. The van der Waals surface area contributed by atoms with Crippen LogP contribution in [0.1, 0.15) is 30.1 Å². The van der Waals surface area contributed by atoms with Crippen LogP contribution >= 0.6 is 0 Å². The van der Waals surface area contributed by atoms with Crippen molar-refractivity contribution in [2.24, 2.45) is 0 Å². The zero-order chi connectivity index (χ0) is 16.8. The molecule has 6 nitrogen and oxygen atoms in total. The Morgan fingerprint density at radius 3 is 3.00 bits per heavy atom. The van der Waals surface area contributed by atoms with Gasteiger partial charge in [-0.05, 0) is 38.4 Å². The number of anilines is 2. The first-order valence-corrected chi connectivity index (χ1v) is 8.49. The molecule has 0 bridgehead atoms. The molecule has 2 aromatic heterocycles. The molecule has 1 saturated heterocycles. The third-order valence-corrected chi connectivity index (χ3v) is 4.37. The Labute approximate surface area is 143 Å². The third-order valence-electron chi connectivity index (χ3n) is 4.37. The van der Waals surface area contributed by atoms with Gasteiger partial charge < -0.3 is 15.0 Å². The van der Waals surface area contributed by atoms with Crippen LogP contribution in [0.25, 0.3) is 0 Å². The van der Waals surface area contributed by atoms with Crippen LogP contribution in [-0.4, -0.2) is 53.2 Å². The van der Waals surface area contributed by atoms with Gasteiger partial charge in [0, 0.05) is 44.2 Å². The smallest absolute Gasteiger partial charge is 0.153 e. The molecule has 1 N–H and O–H groups in total. The van der Waals surface area contributed by atoms with E-state index in [2.05, 4.69) is 25.2 Å². The summed E-state index contributed by atoms with van der Waals surface area (Å²) in [5.74, 6) is 2.01. The van der Waals surface area contributed by atoms with Crippen LogP contribution in [0.2, 0.25) is 0 Å². The van der Waals surface area contributed by atoms with Crippen LogP contribution < -0.4 is 5.32 Å². The first-order valence-electron chi connectivity index (χ1n) is 8.49. The number of pyridine rings is 1. The summed E-state index contributed by atoms with van der Waals surface area (Å²) >= 11 is 0. The Balaban J connectivity index is 1.76. The Bertz CT molecular complexity index is 663. The van der Waals surface area contributed by atoms with Gasteiger partial charge in [-0.3, -0.25) is 4.98 Å². The largest absolute Gasteiger partial charge is 0.383 e. The molecular weight excluding hydrogens is 302 g/mol. The average Bonchev–Trinajstić information content (AvgIpc) is 2.61. The number of rotatable bonds is 6. The zero-order valence-electron chi connectivity index (χ0n) is 14.4. The van der Waals surface area contributed by atoms with Gasteiger partial charge in [0.25, 0.3) is 0 Å². The highest BCUT2D eigenvalue weighted by molar-refractivity contribution is 5.54. The lowest BCUT2D eigenvalue weighted by molar-refractivity contribution is 0.127. The van der Waals surface area contributed by atoms with Gasteiger partial charge in [0.05, 0.1) is 12.3 Å². The molecule has 1 unspecified atom stereocenters. The highest BCUT2D eigenvalue weighted by atomic mass is 16.5. The van der Waals surface area contributed by atoms with Crippen molar-refractivity contribution in [2.75, 3.05) is 38.7 Å².